The largest absolute Gasteiger partial charge is 0.495 e. The van der Waals surface area contributed by atoms with Gasteiger partial charge in [0.2, 0.25) is 15.9 Å². The molecule has 0 fully saturated rings. The van der Waals surface area contributed by atoms with Crippen LogP contribution in [0, 0.1) is 0 Å². The molecule has 2 aromatic rings. The van der Waals surface area contributed by atoms with E-state index in [1.807, 2.05) is 0 Å². The lowest BCUT2D eigenvalue weighted by Gasteiger charge is -2.13. The Labute approximate surface area is 161 Å². The molecule has 144 valence electrons. The predicted molar refractivity (Wildman–Crippen MR) is 105 cm³/mol. The highest BCUT2D eigenvalue weighted by atomic mass is 35.5. The van der Waals surface area contributed by atoms with Gasteiger partial charge in [-0.2, -0.15) is 0 Å². The molecule has 0 radical (unpaired) electrons. The number of ether oxygens (including phenoxy) is 1. The summed E-state index contributed by atoms with van der Waals surface area (Å²) in [6.45, 7) is 1.36. The topological polar surface area (TPSA) is 114 Å². The van der Waals surface area contributed by atoms with Crippen LogP contribution in [0.15, 0.2) is 36.4 Å². The molecule has 3 N–H and O–H groups in total. The second-order valence-electron chi connectivity index (χ2n) is 5.62. The van der Waals surface area contributed by atoms with Crippen molar-refractivity contribution in [3.8, 4) is 5.75 Å². The van der Waals surface area contributed by atoms with Gasteiger partial charge in [0.1, 0.15) is 5.75 Å². The molecule has 0 aliphatic rings. The van der Waals surface area contributed by atoms with Crippen LogP contribution < -0.4 is 20.1 Å². The van der Waals surface area contributed by atoms with Crippen LogP contribution in [0.25, 0.3) is 0 Å². The lowest BCUT2D eigenvalue weighted by atomic mass is 10.1. The molecule has 2 amide bonds. The first-order valence-corrected chi connectivity index (χ1v) is 9.90. The highest BCUT2D eigenvalue weighted by Crippen LogP contribution is 2.29. The number of methoxy groups -OCH3 is 1. The molecule has 0 aliphatic carbocycles. The van der Waals surface area contributed by atoms with Crippen LogP contribution in [-0.2, 0) is 14.8 Å². The maximum Gasteiger partial charge on any atom is 0.255 e. The summed E-state index contributed by atoms with van der Waals surface area (Å²) in [5, 5.41) is 5.44. The number of halogens is 1. The number of carbonyl (C=O) groups is 2. The van der Waals surface area contributed by atoms with E-state index >= 15 is 0 Å². The molecule has 0 unspecified atom stereocenters. The molecule has 0 atom stereocenters. The number of anilines is 3. The van der Waals surface area contributed by atoms with E-state index in [0.29, 0.717) is 17.1 Å². The molecular formula is C17H18ClN3O5S. The minimum absolute atomic E-state index is 0.0977. The fourth-order valence-corrected chi connectivity index (χ4v) is 3.01. The molecule has 27 heavy (non-hydrogen) atoms. The molecule has 0 aromatic heterocycles. The van der Waals surface area contributed by atoms with Gasteiger partial charge in [-0.25, -0.2) is 8.42 Å². The third kappa shape index (κ3) is 5.87. The van der Waals surface area contributed by atoms with Crippen LogP contribution in [0.1, 0.15) is 17.3 Å². The summed E-state index contributed by atoms with van der Waals surface area (Å²) >= 11 is 5.96. The fourth-order valence-electron chi connectivity index (χ4n) is 2.22. The van der Waals surface area contributed by atoms with Crippen molar-refractivity contribution in [1.82, 2.24) is 0 Å². The van der Waals surface area contributed by atoms with E-state index in [2.05, 4.69) is 15.4 Å². The number of carbonyl (C=O) groups excluding carboxylic acids is 2. The Morgan fingerprint density at radius 3 is 2.33 bits per heavy atom. The van der Waals surface area contributed by atoms with Crippen LogP contribution >= 0.6 is 11.6 Å². The van der Waals surface area contributed by atoms with Gasteiger partial charge in [0.15, 0.2) is 0 Å². The molecule has 8 nitrogen and oxygen atoms in total. The monoisotopic (exact) mass is 411 g/mol. The van der Waals surface area contributed by atoms with E-state index in [9.17, 15) is 18.0 Å². The molecule has 0 spiro atoms. The second-order valence-corrected chi connectivity index (χ2v) is 7.77. The number of hydrogen-bond donors (Lipinski definition) is 3. The normalized spacial score (nSPS) is 10.8. The van der Waals surface area contributed by atoms with Crippen LogP contribution in [0.5, 0.6) is 5.75 Å². The molecule has 0 heterocycles. The number of rotatable bonds is 6. The number of hydrogen-bond acceptors (Lipinski definition) is 5. The summed E-state index contributed by atoms with van der Waals surface area (Å²) in [6.07, 6.45) is 0.983. The zero-order valence-corrected chi connectivity index (χ0v) is 16.4. The molecule has 2 rings (SSSR count). The predicted octanol–water partition coefficient (Wildman–Crippen LogP) is 2.93. The third-order valence-corrected chi connectivity index (χ3v) is 4.21. The first-order valence-electron chi connectivity index (χ1n) is 7.63. The third-order valence-electron chi connectivity index (χ3n) is 3.29. The van der Waals surface area contributed by atoms with Gasteiger partial charge in [0, 0.05) is 18.2 Å². The quantitative estimate of drug-likeness (QED) is 0.676. The van der Waals surface area contributed by atoms with Crippen LogP contribution in [0.2, 0.25) is 5.02 Å². The average Bonchev–Trinajstić information content (AvgIpc) is 2.55. The van der Waals surface area contributed by atoms with E-state index < -0.39 is 15.9 Å². The molecule has 10 heteroatoms. The Morgan fingerprint density at radius 2 is 1.74 bits per heavy atom. The van der Waals surface area contributed by atoms with Crippen molar-refractivity contribution in [1.29, 1.82) is 0 Å². The first kappa shape index (κ1) is 20.5. The SMILES string of the molecule is COc1ccc(NC(=O)c2ccc(Cl)c(NS(C)(=O)=O)c2)cc1NC(C)=O. The number of amides is 2. The summed E-state index contributed by atoms with van der Waals surface area (Å²) in [7, 11) is -2.08. The maximum absolute atomic E-state index is 12.5. The molecule has 0 aliphatic heterocycles. The minimum Gasteiger partial charge on any atom is -0.495 e. The van der Waals surface area contributed by atoms with Gasteiger partial charge in [-0.1, -0.05) is 11.6 Å². The summed E-state index contributed by atoms with van der Waals surface area (Å²) in [6, 6.07) is 8.96. The Hall–Kier alpha value is -2.78. The Bertz CT molecular complexity index is 992. The molecule has 0 saturated carbocycles. The standard InChI is InChI=1S/C17H18ClN3O5S/c1-10(22)19-15-9-12(5-7-16(15)26-2)20-17(23)11-4-6-13(18)14(8-11)21-27(3,24)25/h4-9,21H,1-3H3,(H,19,22)(H,20,23). The number of benzene rings is 2. The summed E-state index contributed by atoms with van der Waals surface area (Å²) in [5.41, 5.74) is 1.11. The van der Waals surface area contributed by atoms with Crippen LogP contribution in [0.3, 0.4) is 0 Å². The second kappa shape index (κ2) is 8.28. The highest BCUT2D eigenvalue weighted by molar-refractivity contribution is 7.92. The van der Waals surface area contributed by atoms with Crippen LogP contribution in [0.4, 0.5) is 17.1 Å². The van der Waals surface area contributed by atoms with Crippen molar-refractivity contribution in [3.63, 3.8) is 0 Å². The Kier molecular flexibility index (Phi) is 6.29. The summed E-state index contributed by atoms with van der Waals surface area (Å²) < 4.78 is 30.2. The zero-order valence-electron chi connectivity index (χ0n) is 14.8. The van der Waals surface area contributed by atoms with Gasteiger partial charge >= 0.3 is 0 Å². The van der Waals surface area contributed by atoms with E-state index in [0.717, 1.165) is 6.26 Å². The fraction of sp³-hybridized carbons (Fsp3) is 0.176. The van der Waals surface area contributed by atoms with Gasteiger partial charge in [0.05, 0.1) is 29.8 Å². The Balaban J connectivity index is 2.27. The lowest BCUT2D eigenvalue weighted by molar-refractivity contribution is -0.114. The average molecular weight is 412 g/mol. The van der Waals surface area contributed by atoms with Crippen molar-refractivity contribution in [2.45, 2.75) is 6.92 Å². The van der Waals surface area contributed by atoms with Gasteiger partial charge in [0.25, 0.3) is 5.91 Å². The van der Waals surface area contributed by atoms with E-state index in [-0.39, 0.29) is 22.2 Å². The summed E-state index contributed by atoms with van der Waals surface area (Å²) in [5.74, 6) is -0.331. The van der Waals surface area contributed by atoms with E-state index in [1.54, 1.807) is 18.2 Å². The van der Waals surface area contributed by atoms with Gasteiger partial charge in [-0.05, 0) is 36.4 Å². The van der Waals surface area contributed by atoms with Crippen molar-refractivity contribution >= 4 is 50.5 Å². The number of nitrogens with one attached hydrogen (secondary N) is 3. The first-order chi connectivity index (χ1) is 12.6. The Morgan fingerprint density at radius 1 is 1.04 bits per heavy atom. The molecular weight excluding hydrogens is 394 g/mol. The highest BCUT2D eigenvalue weighted by Gasteiger charge is 2.13. The van der Waals surface area contributed by atoms with E-state index in [1.165, 1.54) is 32.2 Å². The zero-order chi connectivity index (χ0) is 20.2. The van der Waals surface area contributed by atoms with Crippen LogP contribution in [-0.4, -0.2) is 33.6 Å². The molecule has 0 saturated heterocycles. The minimum atomic E-state index is -3.55. The number of sulfonamides is 1. The van der Waals surface area contributed by atoms with Gasteiger partial charge < -0.3 is 15.4 Å². The van der Waals surface area contributed by atoms with Crippen molar-refractivity contribution in [2.24, 2.45) is 0 Å². The van der Waals surface area contributed by atoms with Crippen molar-refractivity contribution in [2.75, 3.05) is 28.7 Å². The summed E-state index contributed by atoms with van der Waals surface area (Å²) in [4.78, 5) is 23.8. The van der Waals surface area contributed by atoms with Crippen molar-refractivity contribution in [3.05, 3.63) is 47.0 Å². The maximum atomic E-state index is 12.5. The smallest absolute Gasteiger partial charge is 0.255 e. The van der Waals surface area contributed by atoms with E-state index in [4.69, 9.17) is 16.3 Å². The van der Waals surface area contributed by atoms with Crippen molar-refractivity contribution < 1.29 is 22.7 Å². The lowest BCUT2D eigenvalue weighted by Crippen LogP contribution is -2.15. The molecule has 0 bridgehead atoms. The van der Waals surface area contributed by atoms with Gasteiger partial charge in [-0.3, -0.25) is 14.3 Å². The van der Waals surface area contributed by atoms with Gasteiger partial charge in [-0.15, -0.1) is 0 Å². The molecule has 2 aromatic carbocycles.